The SMILES string of the molecule is Cc1ccc(CSc2ccc(-n3nc4c(c3C)CCC4)nn2)cc1. The molecule has 1 aromatic carbocycles. The Morgan fingerprint density at radius 3 is 2.54 bits per heavy atom. The van der Waals surface area contributed by atoms with E-state index in [-0.39, 0.29) is 0 Å². The zero-order valence-electron chi connectivity index (χ0n) is 14.0. The first kappa shape index (κ1) is 15.4. The summed E-state index contributed by atoms with van der Waals surface area (Å²) in [5.74, 6) is 1.71. The van der Waals surface area contributed by atoms with Crippen LogP contribution in [0.3, 0.4) is 0 Å². The minimum atomic E-state index is 0.807. The Kier molecular flexibility index (Phi) is 4.10. The van der Waals surface area contributed by atoms with Gasteiger partial charge in [-0.1, -0.05) is 41.6 Å². The molecule has 0 aliphatic heterocycles. The molecule has 4 nitrogen and oxygen atoms in total. The van der Waals surface area contributed by atoms with Crippen molar-refractivity contribution in [1.82, 2.24) is 20.0 Å². The smallest absolute Gasteiger partial charge is 0.176 e. The highest BCUT2D eigenvalue weighted by atomic mass is 32.2. The second-order valence-corrected chi connectivity index (χ2v) is 7.28. The molecular weight excluding hydrogens is 316 g/mol. The van der Waals surface area contributed by atoms with Crippen LogP contribution < -0.4 is 0 Å². The maximum Gasteiger partial charge on any atom is 0.176 e. The molecule has 0 bridgehead atoms. The Balaban J connectivity index is 1.48. The third kappa shape index (κ3) is 2.96. The van der Waals surface area contributed by atoms with Gasteiger partial charge in [0.2, 0.25) is 0 Å². The minimum absolute atomic E-state index is 0.807. The molecule has 24 heavy (non-hydrogen) atoms. The number of aryl methyl sites for hydroxylation is 2. The normalized spacial score (nSPS) is 13.2. The van der Waals surface area contributed by atoms with Gasteiger partial charge >= 0.3 is 0 Å². The van der Waals surface area contributed by atoms with Crippen molar-refractivity contribution in [2.75, 3.05) is 0 Å². The Bertz CT molecular complexity index is 850. The second-order valence-electron chi connectivity index (χ2n) is 6.28. The van der Waals surface area contributed by atoms with Crippen molar-refractivity contribution >= 4 is 11.8 Å². The summed E-state index contributed by atoms with van der Waals surface area (Å²) >= 11 is 1.71. The van der Waals surface area contributed by atoms with Gasteiger partial charge in [-0.15, -0.1) is 10.2 Å². The number of hydrogen-bond donors (Lipinski definition) is 0. The summed E-state index contributed by atoms with van der Waals surface area (Å²) in [5, 5.41) is 14.4. The fourth-order valence-electron chi connectivity index (χ4n) is 3.12. The molecule has 0 saturated heterocycles. The van der Waals surface area contributed by atoms with Crippen molar-refractivity contribution < 1.29 is 0 Å². The van der Waals surface area contributed by atoms with Gasteiger partial charge in [0, 0.05) is 11.4 Å². The molecule has 3 aromatic rings. The Morgan fingerprint density at radius 1 is 1.00 bits per heavy atom. The first-order chi connectivity index (χ1) is 11.7. The monoisotopic (exact) mass is 336 g/mol. The lowest BCUT2D eigenvalue weighted by atomic mass is 10.2. The summed E-state index contributed by atoms with van der Waals surface area (Å²) in [6.45, 7) is 4.23. The molecule has 5 heteroatoms. The topological polar surface area (TPSA) is 43.6 Å². The van der Waals surface area contributed by atoms with Crippen molar-refractivity contribution in [2.45, 2.75) is 43.9 Å². The molecule has 0 N–H and O–H groups in total. The highest BCUT2D eigenvalue weighted by Crippen LogP contribution is 2.26. The quantitative estimate of drug-likeness (QED) is 0.674. The van der Waals surface area contributed by atoms with E-state index in [2.05, 4.69) is 48.3 Å². The number of rotatable bonds is 4. The Hall–Kier alpha value is -2.14. The van der Waals surface area contributed by atoms with Gasteiger partial charge < -0.3 is 0 Å². The predicted molar refractivity (Wildman–Crippen MR) is 96.7 cm³/mol. The van der Waals surface area contributed by atoms with Gasteiger partial charge in [-0.25, -0.2) is 4.68 Å². The molecule has 2 aromatic heterocycles. The lowest BCUT2D eigenvalue weighted by molar-refractivity contribution is 0.738. The van der Waals surface area contributed by atoms with Crippen LogP contribution in [0.5, 0.6) is 0 Å². The molecule has 1 aliphatic rings. The molecule has 0 amide bonds. The van der Waals surface area contributed by atoms with Gasteiger partial charge in [-0.2, -0.15) is 5.10 Å². The fourth-order valence-corrected chi connectivity index (χ4v) is 3.89. The highest BCUT2D eigenvalue weighted by molar-refractivity contribution is 7.98. The maximum absolute atomic E-state index is 4.70. The average molecular weight is 336 g/mol. The van der Waals surface area contributed by atoms with E-state index in [1.807, 2.05) is 16.8 Å². The summed E-state index contributed by atoms with van der Waals surface area (Å²) in [5.41, 5.74) is 6.42. The molecule has 4 rings (SSSR count). The van der Waals surface area contributed by atoms with E-state index in [9.17, 15) is 0 Å². The number of nitrogens with zero attached hydrogens (tertiary/aromatic N) is 4. The van der Waals surface area contributed by atoms with E-state index in [1.165, 1.54) is 34.5 Å². The van der Waals surface area contributed by atoms with Crippen LogP contribution in [0, 0.1) is 13.8 Å². The van der Waals surface area contributed by atoms with Gasteiger partial charge in [0.15, 0.2) is 5.82 Å². The summed E-state index contributed by atoms with van der Waals surface area (Å²) in [4.78, 5) is 0. The number of aromatic nitrogens is 4. The van der Waals surface area contributed by atoms with E-state index in [0.717, 1.165) is 29.4 Å². The van der Waals surface area contributed by atoms with Crippen LogP contribution in [-0.2, 0) is 18.6 Å². The van der Waals surface area contributed by atoms with Crippen LogP contribution in [-0.4, -0.2) is 20.0 Å². The highest BCUT2D eigenvalue weighted by Gasteiger charge is 2.20. The van der Waals surface area contributed by atoms with Crippen molar-refractivity contribution in [3.8, 4) is 5.82 Å². The van der Waals surface area contributed by atoms with Gasteiger partial charge in [-0.05, 0) is 56.4 Å². The van der Waals surface area contributed by atoms with E-state index in [4.69, 9.17) is 5.10 Å². The van der Waals surface area contributed by atoms with Crippen LogP contribution in [0.1, 0.15) is 34.5 Å². The van der Waals surface area contributed by atoms with E-state index >= 15 is 0 Å². The summed E-state index contributed by atoms with van der Waals surface area (Å²) in [6.07, 6.45) is 3.44. The Labute approximate surface area is 146 Å². The van der Waals surface area contributed by atoms with Crippen molar-refractivity contribution in [3.63, 3.8) is 0 Å². The molecular formula is C19H20N4S. The molecule has 2 heterocycles. The van der Waals surface area contributed by atoms with Crippen LogP contribution in [0.2, 0.25) is 0 Å². The number of hydrogen-bond acceptors (Lipinski definition) is 4. The van der Waals surface area contributed by atoms with Crippen LogP contribution >= 0.6 is 11.8 Å². The van der Waals surface area contributed by atoms with Crippen LogP contribution in [0.25, 0.3) is 5.82 Å². The number of thioether (sulfide) groups is 1. The minimum Gasteiger partial charge on any atom is -0.217 e. The van der Waals surface area contributed by atoms with Crippen LogP contribution in [0.4, 0.5) is 0 Å². The maximum atomic E-state index is 4.70. The lowest BCUT2D eigenvalue weighted by Crippen LogP contribution is -2.04. The summed E-state index contributed by atoms with van der Waals surface area (Å²) in [6, 6.07) is 12.7. The van der Waals surface area contributed by atoms with E-state index in [0.29, 0.717) is 0 Å². The Morgan fingerprint density at radius 2 is 1.83 bits per heavy atom. The predicted octanol–water partition coefficient (Wildman–Crippen LogP) is 4.06. The standard InChI is InChI=1S/C19H20N4S/c1-13-6-8-15(9-7-13)12-24-19-11-10-18(20-21-19)23-14(2)16-4-3-5-17(16)22-23/h6-11H,3-5,12H2,1-2H3. The van der Waals surface area contributed by atoms with Gasteiger partial charge in [0.05, 0.1) is 5.69 Å². The molecule has 0 radical (unpaired) electrons. The molecule has 1 aliphatic carbocycles. The third-order valence-electron chi connectivity index (χ3n) is 4.51. The first-order valence-corrected chi connectivity index (χ1v) is 9.29. The van der Waals surface area contributed by atoms with Crippen molar-refractivity contribution in [1.29, 1.82) is 0 Å². The fraction of sp³-hybridized carbons (Fsp3) is 0.316. The molecule has 0 atom stereocenters. The van der Waals surface area contributed by atoms with Gasteiger partial charge in [0.25, 0.3) is 0 Å². The summed E-state index contributed by atoms with van der Waals surface area (Å²) < 4.78 is 1.94. The van der Waals surface area contributed by atoms with E-state index < -0.39 is 0 Å². The van der Waals surface area contributed by atoms with Crippen LogP contribution in [0.15, 0.2) is 41.4 Å². The van der Waals surface area contributed by atoms with Crippen molar-refractivity contribution in [2.24, 2.45) is 0 Å². The van der Waals surface area contributed by atoms with Gasteiger partial charge in [-0.3, -0.25) is 0 Å². The molecule has 122 valence electrons. The number of fused-ring (bicyclic) bond motifs is 1. The molecule has 0 saturated carbocycles. The summed E-state index contributed by atoms with van der Waals surface area (Å²) in [7, 11) is 0. The third-order valence-corrected chi connectivity index (χ3v) is 5.51. The first-order valence-electron chi connectivity index (χ1n) is 8.30. The van der Waals surface area contributed by atoms with Gasteiger partial charge in [0.1, 0.15) is 5.03 Å². The molecule has 0 fully saturated rings. The molecule has 0 unspecified atom stereocenters. The zero-order valence-corrected chi connectivity index (χ0v) is 14.8. The average Bonchev–Trinajstić information content (AvgIpc) is 3.18. The second kappa shape index (κ2) is 6.40. The van der Waals surface area contributed by atoms with E-state index in [1.54, 1.807) is 11.8 Å². The zero-order chi connectivity index (χ0) is 16.5. The molecule has 0 spiro atoms. The number of benzene rings is 1. The lowest BCUT2D eigenvalue weighted by Gasteiger charge is -2.05. The van der Waals surface area contributed by atoms with Crippen molar-refractivity contribution in [3.05, 3.63) is 64.5 Å². The largest absolute Gasteiger partial charge is 0.217 e.